The van der Waals surface area contributed by atoms with E-state index in [1.165, 1.54) is 0 Å². The number of fused-ring (bicyclic) bond motifs is 3. The molecule has 8 nitrogen and oxygen atoms in total. The number of hydrogen-bond donors (Lipinski definition) is 2. The first-order valence-corrected chi connectivity index (χ1v) is 12.3. The average Bonchev–Trinajstić information content (AvgIpc) is 3.31. The maximum atomic E-state index is 13.0. The van der Waals surface area contributed by atoms with Crippen LogP contribution in [0.3, 0.4) is 0 Å². The molecule has 184 valence electrons. The van der Waals surface area contributed by atoms with Gasteiger partial charge in [0.25, 0.3) is 11.8 Å². The van der Waals surface area contributed by atoms with Gasteiger partial charge in [-0.15, -0.1) is 0 Å². The number of rotatable bonds is 4. The number of aromatic nitrogens is 1. The molecule has 3 N–H and O–H groups in total. The van der Waals surface area contributed by atoms with E-state index in [4.69, 9.17) is 15.2 Å². The molecule has 3 aromatic carbocycles. The second-order valence-corrected chi connectivity index (χ2v) is 9.25. The van der Waals surface area contributed by atoms with Gasteiger partial charge < -0.3 is 30.0 Å². The summed E-state index contributed by atoms with van der Waals surface area (Å²) in [4.78, 5) is 32.9. The van der Waals surface area contributed by atoms with Crippen molar-refractivity contribution in [3.8, 4) is 11.1 Å². The van der Waals surface area contributed by atoms with Crippen LogP contribution in [0.1, 0.15) is 20.7 Å². The largest absolute Gasteiger partial charge is 0.378 e. The van der Waals surface area contributed by atoms with Crippen LogP contribution in [0.15, 0.2) is 54.6 Å². The number of nitrogens with zero attached hydrogens (tertiary/aromatic N) is 2. The number of benzene rings is 3. The van der Waals surface area contributed by atoms with Crippen LogP contribution >= 0.6 is 0 Å². The van der Waals surface area contributed by atoms with Crippen LogP contribution in [-0.4, -0.2) is 74.3 Å². The van der Waals surface area contributed by atoms with Crippen LogP contribution in [0.5, 0.6) is 0 Å². The Morgan fingerprint density at radius 2 is 1.47 bits per heavy atom. The number of anilines is 1. The van der Waals surface area contributed by atoms with Crippen LogP contribution in [0.2, 0.25) is 0 Å². The van der Waals surface area contributed by atoms with Gasteiger partial charge in [0.1, 0.15) is 0 Å². The van der Waals surface area contributed by atoms with E-state index in [9.17, 15) is 9.59 Å². The smallest absolute Gasteiger partial charge is 0.254 e. The topological polar surface area (TPSA) is 101 Å². The Balaban J connectivity index is 1.39. The Labute approximate surface area is 208 Å². The van der Waals surface area contributed by atoms with E-state index in [0.717, 1.165) is 59.4 Å². The summed E-state index contributed by atoms with van der Waals surface area (Å²) in [6.07, 6.45) is 0. The monoisotopic (exact) mass is 484 g/mol. The number of amides is 2. The Morgan fingerprint density at radius 1 is 0.778 bits per heavy atom. The van der Waals surface area contributed by atoms with Gasteiger partial charge in [-0.25, -0.2) is 0 Å². The molecule has 0 aliphatic carbocycles. The van der Waals surface area contributed by atoms with Crippen molar-refractivity contribution in [2.24, 2.45) is 5.73 Å². The van der Waals surface area contributed by atoms with Gasteiger partial charge in [0.15, 0.2) is 0 Å². The van der Waals surface area contributed by atoms with Gasteiger partial charge in [-0.1, -0.05) is 18.2 Å². The quantitative estimate of drug-likeness (QED) is 0.462. The lowest BCUT2D eigenvalue weighted by molar-refractivity contribution is 0.0303. The summed E-state index contributed by atoms with van der Waals surface area (Å²) < 4.78 is 10.8. The molecule has 2 amide bonds. The fourth-order valence-electron chi connectivity index (χ4n) is 5.14. The van der Waals surface area contributed by atoms with Crippen molar-refractivity contribution in [1.29, 1.82) is 0 Å². The molecule has 1 aromatic heterocycles. The van der Waals surface area contributed by atoms with Gasteiger partial charge in [-0.2, -0.15) is 0 Å². The zero-order valence-electron chi connectivity index (χ0n) is 20.0. The number of hydrogen-bond acceptors (Lipinski definition) is 5. The van der Waals surface area contributed by atoms with Gasteiger partial charge in [-0.05, 0) is 47.5 Å². The molecule has 2 saturated heterocycles. The Bertz CT molecular complexity index is 1450. The molecule has 2 aliphatic heterocycles. The fraction of sp³-hybridized carbons (Fsp3) is 0.286. The zero-order valence-corrected chi connectivity index (χ0v) is 20.0. The van der Waals surface area contributed by atoms with Crippen molar-refractivity contribution in [3.63, 3.8) is 0 Å². The molecular weight excluding hydrogens is 456 g/mol. The van der Waals surface area contributed by atoms with Crippen molar-refractivity contribution in [2.75, 3.05) is 57.5 Å². The number of nitrogens with one attached hydrogen (secondary N) is 1. The number of nitrogens with two attached hydrogens (primary N) is 1. The fourth-order valence-corrected chi connectivity index (χ4v) is 5.14. The number of aromatic amines is 1. The van der Waals surface area contributed by atoms with E-state index in [-0.39, 0.29) is 5.91 Å². The molecule has 3 heterocycles. The summed E-state index contributed by atoms with van der Waals surface area (Å²) in [5.41, 5.74) is 11.4. The second kappa shape index (κ2) is 9.29. The highest BCUT2D eigenvalue weighted by Gasteiger charge is 2.21. The predicted octanol–water partition coefficient (Wildman–Crippen LogP) is 3.40. The number of ether oxygens (including phenoxy) is 2. The Morgan fingerprint density at radius 3 is 2.17 bits per heavy atom. The summed E-state index contributed by atoms with van der Waals surface area (Å²) in [5.74, 6) is -0.516. The van der Waals surface area contributed by atoms with Crippen LogP contribution in [0, 0.1) is 0 Å². The molecule has 0 bridgehead atoms. The summed E-state index contributed by atoms with van der Waals surface area (Å²) >= 11 is 0. The second-order valence-electron chi connectivity index (χ2n) is 9.25. The molecule has 36 heavy (non-hydrogen) atoms. The lowest BCUT2D eigenvalue weighted by Crippen LogP contribution is -2.40. The average molecular weight is 485 g/mol. The molecule has 0 atom stereocenters. The van der Waals surface area contributed by atoms with Crippen molar-refractivity contribution in [3.05, 3.63) is 65.7 Å². The molecule has 0 radical (unpaired) electrons. The van der Waals surface area contributed by atoms with Crippen LogP contribution < -0.4 is 10.6 Å². The number of primary amides is 1. The summed E-state index contributed by atoms with van der Waals surface area (Å²) in [7, 11) is 0. The SMILES string of the molecule is NC(=O)c1cc(-c2ccc(N3CCOCC3)cc2)cc2c1[nH]c1cc(C(=O)N3CCOCC3)ccc12. The highest BCUT2D eigenvalue weighted by molar-refractivity contribution is 6.17. The standard InChI is InChI=1S/C28H28N4O4/c29-27(33)24-16-20(18-1-4-21(5-2-18)31-7-11-35-12-8-31)15-23-22-6-3-19(17-25(22)30-26(23)24)28(34)32-9-13-36-14-10-32/h1-6,15-17,30H,7-14H2,(H2,29,33). The third kappa shape index (κ3) is 4.08. The lowest BCUT2D eigenvalue weighted by Gasteiger charge is -2.28. The van der Waals surface area contributed by atoms with Crippen LogP contribution in [0.25, 0.3) is 32.9 Å². The van der Waals surface area contributed by atoms with Crippen molar-refractivity contribution in [1.82, 2.24) is 9.88 Å². The van der Waals surface area contributed by atoms with Gasteiger partial charge in [0.2, 0.25) is 0 Å². The number of carbonyl (C=O) groups excluding carboxylic acids is 2. The molecule has 2 fully saturated rings. The van der Waals surface area contributed by atoms with Crippen molar-refractivity contribution in [2.45, 2.75) is 0 Å². The number of morpholine rings is 2. The Hall–Kier alpha value is -3.88. The molecule has 2 aliphatic rings. The van der Waals surface area contributed by atoms with Gasteiger partial charge in [0, 0.05) is 53.7 Å². The van der Waals surface area contributed by atoms with E-state index in [2.05, 4.69) is 40.2 Å². The molecule has 6 rings (SSSR count). The van der Waals surface area contributed by atoms with E-state index < -0.39 is 5.91 Å². The first-order valence-electron chi connectivity index (χ1n) is 12.3. The van der Waals surface area contributed by atoms with E-state index in [1.807, 2.05) is 24.3 Å². The number of carbonyl (C=O) groups is 2. The minimum Gasteiger partial charge on any atom is -0.378 e. The van der Waals surface area contributed by atoms with Crippen LogP contribution in [0.4, 0.5) is 5.69 Å². The van der Waals surface area contributed by atoms with Gasteiger partial charge in [0.05, 0.1) is 37.5 Å². The summed E-state index contributed by atoms with van der Waals surface area (Å²) in [6.45, 7) is 5.51. The van der Waals surface area contributed by atoms with Crippen LogP contribution in [-0.2, 0) is 9.47 Å². The minimum absolute atomic E-state index is 0.0185. The summed E-state index contributed by atoms with van der Waals surface area (Å²) in [5, 5.41) is 1.84. The lowest BCUT2D eigenvalue weighted by atomic mass is 9.98. The Kier molecular flexibility index (Phi) is 5.83. The van der Waals surface area contributed by atoms with E-state index in [1.54, 1.807) is 4.90 Å². The minimum atomic E-state index is -0.497. The van der Waals surface area contributed by atoms with Gasteiger partial charge >= 0.3 is 0 Å². The highest BCUT2D eigenvalue weighted by atomic mass is 16.5. The highest BCUT2D eigenvalue weighted by Crippen LogP contribution is 2.34. The third-order valence-corrected chi connectivity index (χ3v) is 7.10. The van der Waals surface area contributed by atoms with Crippen molar-refractivity contribution < 1.29 is 19.1 Å². The molecule has 4 aromatic rings. The summed E-state index contributed by atoms with van der Waals surface area (Å²) in [6, 6.07) is 17.9. The van der Waals surface area contributed by atoms with Gasteiger partial charge in [-0.3, -0.25) is 9.59 Å². The normalized spacial score (nSPS) is 16.6. The number of H-pyrrole nitrogens is 1. The first kappa shape index (κ1) is 22.6. The molecule has 8 heteroatoms. The zero-order chi connectivity index (χ0) is 24.6. The van der Waals surface area contributed by atoms with E-state index in [0.29, 0.717) is 42.9 Å². The maximum Gasteiger partial charge on any atom is 0.254 e. The van der Waals surface area contributed by atoms with Crippen molar-refractivity contribution >= 4 is 39.3 Å². The maximum absolute atomic E-state index is 13.0. The van der Waals surface area contributed by atoms with E-state index >= 15 is 0 Å². The third-order valence-electron chi connectivity index (χ3n) is 7.10. The molecule has 0 unspecified atom stereocenters. The predicted molar refractivity (Wildman–Crippen MR) is 140 cm³/mol. The molecular formula is C28H28N4O4. The first-order chi connectivity index (χ1) is 17.6. The molecule has 0 saturated carbocycles. The molecule has 0 spiro atoms.